The predicted molar refractivity (Wildman–Crippen MR) is 71.6 cm³/mol. The third-order valence-corrected chi connectivity index (χ3v) is 5.07. The van der Waals surface area contributed by atoms with Gasteiger partial charge in [0.1, 0.15) is 5.54 Å². The van der Waals surface area contributed by atoms with Gasteiger partial charge in [-0.25, -0.2) is 4.79 Å². The average Bonchev–Trinajstić information content (AvgIpc) is 2.82. The van der Waals surface area contributed by atoms with E-state index >= 15 is 0 Å². The van der Waals surface area contributed by atoms with Crippen LogP contribution in [-0.2, 0) is 9.59 Å². The molecule has 1 heterocycles. The van der Waals surface area contributed by atoms with Crippen molar-refractivity contribution in [2.24, 2.45) is 5.92 Å². The maximum Gasteiger partial charge on any atom is 0.329 e. The Balaban J connectivity index is 1.91. The van der Waals surface area contributed by atoms with Crippen molar-refractivity contribution in [1.82, 2.24) is 5.32 Å². The first-order chi connectivity index (χ1) is 8.62. The Morgan fingerprint density at radius 3 is 2.39 bits per heavy atom. The highest BCUT2D eigenvalue weighted by Crippen LogP contribution is 2.30. The molecule has 2 aliphatic rings. The molecule has 4 nitrogen and oxygen atoms in total. The van der Waals surface area contributed by atoms with Gasteiger partial charge in [-0.3, -0.25) is 4.79 Å². The molecule has 1 saturated heterocycles. The van der Waals surface area contributed by atoms with Crippen LogP contribution in [0.15, 0.2) is 0 Å². The first kappa shape index (κ1) is 13.7. The molecule has 0 bridgehead atoms. The maximum atomic E-state index is 12.0. The summed E-state index contributed by atoms with van der Waals surface area (Å²) < 4.78 is 0. The van der Waals surface area contributed by atoms with Crippen LogP contribution in [0.4, 0.5) is 0 Å². The fourth-order valence-corrected chi connectivity index (χ4v) is 4.10. The average molecular weight is 271 g/mol. The third-order valence-electron chi connectivity index (χ3n) is 4.08. The zero-order valence-corrected chi connectivity index (χ0v) is 11.4. The number of thioether (sulfide) groups is 1. The van der Waals surface area contributed by atoms with E-state index in [-0.39, 0.29) is 5.91 Å². The summed E-state index contributed by atoms with van der Waals surface area (Å²) >= 11 is 1.76. The van der Waals surface area contributed by atoms with Crippen LogP contribution >= 0.6 is 11.8 Å². The number of carbonyl (C=O) groups excluding carboxylic acids is 1. The molecule has 18 heavy (non-hydrogen) atoms. The summed E-state index contributed by atoms with van der Waals surface area (Å²) in [5.74, 6) is 1.15. The van der Waals surface area contributed by atoms with Crippen LogP contribution in [-0.4, -0.2) is 34.0 Å². The Bertz CT molecular complexity index is 320. The van der Waals surface area contributed by atoms with Crippen LogP contribution in [0.1, 0.15) is 44.9 Å². The van der Waals surface area contributed by atoms with Crippen LogP contribution < -0.4 is 5.32 Å². The second-order valence-corrected chi connectivity index (χ2v) is 6.63. The highest BCUT2D eigenvalue weighted by Gasteiger charge is 2.41. The van der Waals surface area contributed by atoms with Crippen molar-refractivity contribution in [2.75, 3.05) is 11.5 Å². The zero-order chi connectivity index (χ0) is 13.0. The molecule has 1 amide bonds. The van der Waals surface area contributed by atoms with E-state index in [9.17, 15) is 14.7 Å². The molecule has 0 spiro atoms. The van der Waals surface area contributed by atoms with E-state index in [1.54, 1.807) is 11.8 Å². The molecule has 2 rings (SSSR count). The van der Waals surface area contributed by atoms with Crippen LogP contribution in [0.25, 0.3) is 0 Å². The van der Waals surface area contributed by atoms with E-state index in [0.717, 1.165) is 24.3 Å². The lowest BCUT2D eigenvalue weighted by Gasteiger charge is -2.34. The normalized spacial score (nSPS) is 23.8. The number of hydrogen-bond donors (Lipinski definition) is 2. The van der Waals surface area contributed by atoms with Crippen molar-refractivity contribution in [3.63, 3.8) is 0 Å². The molecule has 1 aliphatic carbocycles. The minimum absolute atomic E-state index is 0.0730. The lowest BCUT2D eigenvalue weighted by molar-refractivity contribution is -0.148. The predicted octanol–water partition coefficient (Wildman–Crippen LogP) is 2.03. The lowest BCUT2D eigenvalue weighted by atomic mass is 9.91. The number of carboxylic acids is 1. The monoisotopic (exact) mass is 271 g/mol. The molecule has 0 aromatic rings. The Labute approximate surface area is 112 Å². The smallest absolute Gasteiger partial charge is 0.329 e. The summed E-state index contributed by atoms with van der Waals surface area (Å²) in [4.78, 5) is 23.4. The fourth-order valence-electron chi connectivity index (χ4n) is 2.91. The number of carboxylic acid groups (broad SMARTS) is 1. The van der Waals surface area contributed by atoms with Crippen molar-refractivity contribution in [2.45, 2.75) is 50.5 Å². The molecule has 2 N–H and O–H groups in total. The van der Waals surface area contributed by atoms with Gasteiger partial charge < -0.3 is 10.4 Å². The van der Waals surface area contributed by atoms with Crippen molar-refractivity contribution in [3.8, 4) is 0 Å². The van der Waals surface area contributed by atoms with Gasteiger partial charge in [-0.05, 0) is 43.1 Å². The number of carbonyl (C=O) groups is 2. The summed E-state index contributed by atoms with van der Waals surface area (Å²) in [6, 6.07) is 0. The van der Waals surface area contributed by atoms with E-state index < -0.39 is 11.5 Å². The van der Waals surface area contributed by atoms with Crippen LogP contribution in [0.5, 0.6) is 0 Å². The SMILES string of the molecule is O=C(CC1CCCC1)NC1(C(=O)O)CCSCC1. The molecule has 2 fully saturated rings. The second-order valence-electron chi connectivity index (χ2n) is 5.40. The molecule has 0 atom stereocenters. The lowest BCUT2D eigenvalue weighted by Crippen LogP contribution is -2.56. The second kappa shape index (κ2) is 5.95. The summed E-state index contributed by atoms with van der Waals surface area (Å²) in [5.41, 5.74) is -0.999. The van der Waals surface area contributed by atoms with Crippen molar-refractivity contribution in [3.05, 3.63) is 0 Å². The van der Waals surface area contributed by atoms with E-state index in [0.29, 0.717) is 25.2 Å². The molecule has 0 aromatic heterocycles. The first-order valence-electron chi connectivity index (χ1n) is 6.74. The van der Waals surface area contributed by atoms with Crippen molar-refractivity contribution >= 4 is 23.6 Å². The number of amides is 1. The largest absolute Gasteiger partial charge is 0.480 e. The van der Waals surface area contributed by atoms with Gasteiger partial charge in [0.2, 0.25) is 5.91 Å². The van der Waals surface area contributed by atoms with E-state index in [1.807, 2.05) is 0 Å². The van der Waals surface area contributed by atoms with Gasteiger partial charge in [0.15, 0.2) is 0 Å². The van der Waals surface area contributed by atoms with Crippen LogP contribution in [0, 0.1) is 5.92 Å². The summed E-state index contributed by atoms with van der Waals surface area (Å²) in [7, 11) is 0. The Morgan fingerprint density at radius 1 is 1.22 bits per heavy atom. The fraction of sp³-hybridized carbons (Fsp3) is 0.846. The molecular weight excluding hydrogens is 250 g/mol. The zero-order valence-electron chi connectivity index (χ0n) is 10.6. The Kier molecular flexibility index (Phi) is 4.54. The van der Waals surface area contributed by atoms with Gasteiger partial charge >= 0.3 is 5.97 Å². The molecular formula is C13H21NO3S. The van der Waals surface area contributed by atoms with E-state index in [4.69, 9.17) is 0 Å². The summed E-state index contributed by atoms with van der Waals surface area (Å²) in [5, 5.41) is 12.2. The standard InChI is InChI=1S/C13H21NO3S/c15-11(9-10-3-1-2-4-10)14-13(12(16)17)5-7-18-8-6-13/h10H,1-9H2,(H,14,15)(H,16,17). The summed E-state index contributed by atoms with van der Waals surface area (Å²) in [6.07, 6.45) is 6.24. The van der Waals surface area contributed by atoms with E-state index in [1.165, 1.54) is 12.8 Å². The molecule has 0 unspecified atom stereocenters. The third kappa shape index (κ3) is 3.19. The van der Waals surface area contributed by atoms with Gasteiger partial charge in [0.05, 0.1) is 0 Å². The van der Waals surface area contributed by atoms with Crippen molar-refractivity contribution < 1.29 is 14.7 Å². The maximum absolute atomic E-state index is 12.0. The van der Waals surface area contributed by atoms with E-state index in [2.05, 4.69) is 5.32 Å². The number of rotatable bonds is 4. The molecule has 1 aliphatic heterocycles. The minimum Gasteiger partial charge on any atom is -0.480 e. The van der Waals surface area contributed by atoms with Crippen LogP contribution in [0.3, 0.4) is 0 Å². The number of aliphatic carboxylic acids is 1. The number of nitrogens with one attached hydrogen (secondary N) is 1. The van der Waals surface area contributed by atoms with Gasteiger partial charge in [-0.2, -0.15) is 11.8 Å². The van der Waals surface area contributed by atoms with Gasteiger partial charge in [0, 0.05) is 6.42 Å². The van der Waals surface area contributed by atoms with Crippen molar-refractivity contribution in [1.29, 1.82) is 0 Å². The minimum atomic E-state index is -0.999. The molecule has 102 valence electrons. The van der Waals surface area contributed by atoms with Gasteiger partial charge in [0.25, 0.3) is 0 Å². The van der Waals surface area contributed by atoms with Crippen LogP contribution in [0.2, 0.25) is 0 Å². The highest BCUT2D eigenvalue weighted by atomic mass is 32.2. The highest BCUT2D eigenvalue weighted by molar-refractivity contribution is 7.99. The summed E-state index contributed by atoms with van der Waals surface area (Å²) in [6.45, 7) is 0. The van der Waals surface area contributed by atoms with Gasteiger partial charge in [-0.1, -0.05) is 12.8 Å². The quantitative estimate of drug-likeness (QED) is 0.821. The first-order valence-corrected chi connectivity index (χ1v) is 7.90. The molecule has 1 saturated carbocycles. The topological polar surface area (TPSA) is 66.4 Å². The Morgan fingerprint density at radius 2 is 1.83 bits per heavy atom. The molecule has 5 heteroatoms. The van der Waals surface area contributed by atoms with Gasteiger partial charge in [-0.15, -0.1) is 0 Å². The molecule has 0 radical (unpaired) electrons. The molecule has 0 aromatic carbocycles. The Hall–Kier alpha value is -0.710. The number of hydrogen-bond acceptors (Lipinski definition) is 3.